The van der Waals surface area contributed by atoms with Crippen molar-refractivity contribution in [2.45, 2.75) is 32.4 Å². The molecule has 18 heavy (non-hydrogen) atoms. The van der Waals surface area contributed by atoms with Crippen LogP contribution in [0, 0.1) is 5.92 Å². The molecule has 104 valence electrons. The van der Waals surface area contributed by atoms with Crippen molar-refractivity contribution in [3.63, 3.8) is 0 Å². The number of likely N-dealkylation sites (tertiary alicyclic amines) is 1. The Kier molecular flexibility index (Phi) is 5.40. The van der Waals surface area contributed by atoms with Gasteiger partial charge in [-0.05, 0) is 19.3 Å². The van der Waals surface area contributed by atoms with Crippen LogP contribution in [0.5, 0.6) is 0 Å². The average Bonchev–Trinajstić information content (AvgIpc) is 2.80. The van der Waals surface area contributed by atoms with Crippen molar-refractivity contribution >= 4 is 12.0 Å². The molecule has 0 aliphatic carbocycles. The molecule has 0 aromatic heterocycles. The van der Waals surface area contributed by atoms with Gasteiger partial charge in [0.25, 0.3) is 0 Å². The largest absolute Gasteiger partial charge is 0.453 e. The Morgan fingerprint density at radius 3 is 2.50 bits per heavy atom. The van der Waals surface area contributed by atoms with Crippen molar-refractivity contribution in [1.29, 1.82) is 0 Å². The first-order valence-electron chi connectivity index (χ1n) is 6.15. The lowest BCUT2D eigenvalue weighted by atomic mass is 10.1. The molecule has 6 heteroatoms. The number of ether oxygens (including phenoxy) is 2. The number of carbonyl (C=O) groups excluding carboxylic acids is 2. The highest BCUT2D eigenvalue weighted by molar-refractivity contribution is 5.86. The van der Waals surface area contributed by atoms with Crippen molar-refractivity contribution in [3.8, 4) is 0 Å². The lowest BCUT2D eigenvalue weighted by molar-refractivity contribution is -0.135. The Balaban J connectivity index is 2.69. The second-order valence-corrected chi connectivity index (χ2v) is 4.73. The van der Waals surface area contributed by atoms with Gasteiger partial charge in [-0.3, -0.25) is 4.79 Å². The molecule has 3 atom stereocenters. The summed E-state index contributed by atoms with van der Waals surface area (Å²) < 4.78 is 9.68. The smallest absolute Gasteiger partial charge is 0.407 e. The van der Waals surface area contributed by atoms with Crippen molar-refractivity contribution in [1.82, 2.24) is 10.2 Å². The molecule has 1 aliphatic heterocycles. The van der Waals surface area contributed by atoms with Crippen molar-refractivity contribution in [2.75, 3.05) is 27.3 Å². The van der Waals surface area contributed by atoms with Gasteiger partial charge in [-0.15, -0.1) is 0 Å². The third kappa shape index (κ3) is 3.60. The zero-order valence-corrected chi connectivity index (χ0v) is 11.4. The van der Waals surface area contributed by atoms with Gasteiger partial charge in [0.05, 0.1) is 13.2 Å². The number of nitrogens with zero attached hydrogens (tertiary/aromatic N) is 1. The van der Waals surface area contributed by atoms with E-state index in [2.05, 4.69) is 17.0 Å². The predicted octanol–water partition coefficient (Wildman–Crippen LogP) is 0.614. The van der Waals surface area contributed by atoms with Crippen LogP contribution in [0.15, 0.2) is 0 Å². The topological polar surface area (TPSA) is 67.9 Å². The first kappa shape index (κ1) is 14.8. The summed E-state index contributed by atoms with van der Waals surface area (Å²) in [5.74, 6) is 0.393. The van der Waals surface area contributed by atoms with Crippen LogP contribution in [0.4, 0.5) is 4.79 Å². The second kappa shape index (κ2) is 6.58. The Morgan fingerprint density at radius 1 is 1.39 bits per heavy atom. The number of hydrogen-bond acceptors (Lipinski definition) is 4. The molecule has 6 nitrogen and oxygen atoms in total. The average molecular weight is 258 g/mol. The van der Waals surface area contributed by atoms with Gasteiger partial charge in [0.1, 0.15) is 6.04 Å². The molecule has 0 radical (unpaired) electrons. The lowest BCUT2D eigenvalue weighted by Gasteiger charge is -2.27. The van der Waals surface area contributed by atoms with Crippen LogP contribution >= 0.6 is 0 Å². The maximum Gasteiger partial charge on any atom is 0.407 e. The van der Waals surface area contributed by atoms with Crippen LogP contribution in [0.25, 0.3) is 0 Å². The molecule has 0 bridgehead atoms. The van der Waals surface area contributed by atoms with Gasteiger partial charge < -0.3 is 19.7 Å². The standard InChI is InChI=1S/C12H22N2O4/c1-8-5-6-14(7-8)11(15)10(9(2)17-3)13-12(16)18-4/h8-10H,5-7H2,1-4H3,(H,13,16)/t8-,9+,10-/m0/s1. The summed E-state index contributed by atoms with van der Waals surface area (Å²) in [6.45, 7) is 5.32. The highest BCUT2D eigenvalue weighted by Crippen LogP contribution is 2.17. The summed E-state index contributed by atoms with van der Waals surface area (Å²) in [7, 11) is 2.78. The second-order valence-electron chi connectivity index (χ2n) is 4.73. The molecule has 1 aliphatic rings. The molecule has 0 unspecified atom stereocenters. The van der Waals surface area contributed by atoms with E-state index >= 15 is 0 Å². The van der Waals surface area contributed by atoms with Crippen LogP contribution < -0.4 is 5.32 Å². The quantitative estimate of drug-likeness (QED) is 0.802. The lowest BCUT2D eigenvalue weighted by Crippen LogP contribution is -2.53. The van der Waals surface area contributed by atoms with E-state index in [0.29, 0.717) is 5.92 Å². The molecule has 1 saturated heterocycles. The summed E-state index contributed by atoms with van der Waals surface area (Å²) in [6, 6.07) is -0.701. The maximum atomic E-state index is 12.3. The Labute approximate surface area is 108 Å². The number of hydrogen-bond donors (Lipinski definition) is 1. The molecule has 1 rings (SSSR count). The summed E-state index contributed by atoms with van der Waals surface area (Å²) in [5.41, 5.74) is 0. The van der Waals surface area contributed by atoms with E-state index in [1.165, 1.54) is 14.2 Å². The van der Waals surface area contributed by atoms with Crippen LogP contribution in [-0.2, 0) is 14.3 Å². The van der Waals surface area contributed by atoms with E-state index in [1.807, 2.05) is 0 Å². The summed E-state index contributed by atoms with van der Waals surface area (Å²) in [5, 5.41) is 2.53. The van der Waals surface area contributed by atoms with E-state index in [4.69, 9.17) is 4.74 Å². The molecule has 0 saturated carbocycles. The zero-order chi connectivity index (χ0) is 13.7. The first-order chi connectivity index (χ1) is 8.49. The highest BCUT2D eigenvalue weighted by atomic mass is 16.5. The summed E-state index contributed by atoms with van der Waals surface area (Å²) in [4.78, 5) is 25.3. The summed E-state index contributed by atoms with van der Waals surface area (Å²) >= 11 is 0. The fourth-order valence-corrected chi connectivity index (χ4v) is 2.03. The third-order valence-corrected chi connectivity index (χ3v) is 3.30. The van der Waals surface area contributed by atoms with E-state index in [-0.39, 0.29) is 5.91 Å². The van der Waals surface area contributed by atoms with E-state index < -0.39 is 18.2 Å². The van der Waals surface area contributed by atoms with Crippen molar-refractivity contribution < 1.29 is 19.1 Å². The van der Waals surface area contributed by atoms with Gasteiger partial charge in [0.2, 0.25) is 5.91 Å². The number of methoxy groups -OCH3 is 2. The van der Waals surface area contributed by atoms with E-state index in [9.17, 15) is 9.59 Å². The number of carbonyl (C=O) groups is 2. The Hall–Kier alpha value is -1.30. The zero-order valence-electron chi connectivity index (χ0n) is 11.4. The fraction of sp³-hybridized carbons (Fsp3) is 0.833. The minimum absolute atomic E-state index is 0.112. The number of nitrogens with one attached hydrogen (secondary N) is 1. The van der Waals surface area contributed by atoms with Gasteiger partial charge in [-0.1, -0.05) is 6.92 Å². The van der Waals surface area contributed by atoms with Gasteiger partial charge in [-0.25, -0.2) is 4.79 Å². The van der Waals surface area contributed by atoms with Gasteiger partial charge >= 0.3 is 6.09 Å². The van der Waals surface area contributed by atoms with Crippen LogP contribution in [0.2, 0.25) is 0 Å². The highest BCUT2D eigenvalue weighted by Gasteiger charge is 2.33. The van der Waals surface area contributed by atoms with Gasteiger partial charge in [0.15, 0.2) is 0 Å². The van der Waals surface area contributed by atoms with Crippen LogP contribution in [0.1, 0.15) is 20.3 Å². The molecule has 1 heterocycles. The minimum atomic E-state index is -0.701. The molecule has 1 fully saturated rings. The Morgan fingerprint density at radius 2 is 2.06 bits per heavy atom. The molecular weight excluding hydrogens is 236 g/mol. The van der Waals surface area contributed by atoms with Crippen LogP contribution in [-0.4, -0.2) is 56.4 Å². The van der Waals surface area contributed by atoms with E-state index in [1.54, 1.807) is 11.8 Å². The first-order valence-corrected chi connectivity index (χ1v) is 6.15. The van der Waals surface area contributed by atoms with Crippen molar-refractivity contribution in [2.24, 2.45) is 5.92 Å². The summed E-state index contributed by atoms with van der Waals surface area (Å²) in [6.07, 6.45) is -0.0186. The van der Waals surface area contributed by atoms with E-state index in [0.717, 1.165) is 19.5 Å². The van der Waals surface area contributed by atoms with Crippen LogP contribution in [0.3, 0.4) is 0 Å². The van der Waals surface area contributed by atoms with Crippen molar-refractivity contribution in [3.05, 3.63) is 0 Å². The molecule has 0 aromatic carbocycles. The molecular formula is C12H22N2O4. The fourth-order valence-electron chi connectivity index (χ4n) is 2.03. The number of alkyl carbamates (subject to hydrolysis) is 1. The third-order valence-electron chi connectivity index (χ3n) is 3.30. The number of amides is 2. The molecule has 0 aromatic rings. The minimum Gasteiger partial charge on any atom is -0.453 e. The predicted molar refractivity (Wildman–Crippen MR) is 66.2 cm³/mol. The SMILES string of the molecule is COC(=O)N[C@H](C(=O)N1CC[C@H](C)C1)[C@@H](C)OC. The monoisotopic (exact) mass is 258 g/mol. The molecule has 0 spiro atoms. The molecule has 1 N–H and O–H groups in total. The maximum absolute atomic E-state index is 12.3. The Bertz CT molecular complexity index is 308. The van der Waals surface area contributed by atoms with Gasteiger partial charge in [0, 0.05) is 20.2 Å². The normalized spacial score (nSPS) is 22.4. The van der Waals surface area contributed by atoms with Gasteiger partial charge in [-0.2, -0.15) is 0 Å². The molecule has 2 amide bonds. The number of rotatable bonds is 4.